The van der Waals surface area contributed by atoms with E-state index >= 15 is 0 Å². The second kappa shape index (κ2) is 5.77. The monoisotopic (exact) mass is 387 g/mol. The highest BCUT2D eigenvalue weighted by Gasteiger charge is 2.20. The predicted molar refractivity (Wildman–Crippen MR) is 74.9 cm³/mol. The van der Waals surface area contributed by atoms with Gasteiger partial charge in [-0.25, -0.2) is 14.8 Å². The molecule has 1 heterocycles. The van der Waals surface area contributed by atoms with Gasteiger partial charge in [0.2, 0.25) is 5.88 Å². The van der Waals surface area contributed by atoms with E-state index in [1.165, 1.54) is 18.6 Å². The first kappa shape index (κ1) is 14.1. The van der Waals surface area contributed by atoms with Gasteiger partial charge in [-0.3, -0.25) is 10.1 Å². The number of nitro benzene ring substituents is 1. The van der Waals surface area contributed by atoms with E-state index in [-0.39, 0.29) is 11.6 Å². The van der Waals surface area contributed by atoms with Crippen LogP contribution in [0.4, 0.5) is 5.69 Å². The molecule has 0 radical (unpaired) electrons. The molecule has 0 amide bonds. The normalized spacial score (nSPS) is 10.1. The molecule has 2 rings (SSSR count). The Balaban J connectivity index is 2.40. The molecule has 1 N–H and O–H groups in total. The molecule has 0 aliphatic heterocycles. The van der Waals surface area contributed by atoms with Gasteiger partial charge in [-0.2, -0.15) is 0 Å². The maximum absolute atomic E-state index is 11.0. The largest absolute Gasteiger partial charge is 0.477 e. The van der Waals surface area contributed by atoms with Gasteiger partial charge in [-0.15, -0.1) is 0 Å². The zero-order chi connectivity index (χ0) is 14.7. The fraction of sp³-hybridized carbons (Fsp3) is 0. The van der Waals surface area contributed by atoms with Crippen LogP contribution in [0.1, 0.15) is 10.4 Å². The highest BCUT2D eigenvalue weighted by Crippen LogP contribution is 2.28. The van der Waals surface area contributed by atoms with Crippen LogP contribution in [-0.4, -0.2) is 26.0 Å². The molecule has 0 aliphatic rings. The summed E-state index contributed by atoms with van der Waals surface area (Å²) in [5.41, 5.74) is -0.946. The smallest absolute Gasteiger partial charge is 0.342 e. The first-order valence-electron chi connectivity index (χ1n) is 5.14. The van der Waals surface area contributed by atoms with Crippen molar-refractivity contribution >= 4 is 34.2 Å². The third-order valence-electron chi connectivity index (χ3n) is 2.24. The molecule has 1 aromatic heterocycles. The van der Waals surface area contributed by atoms with Crippen molar-refractivity contribution in [1.82, 2.24) is 9.97 Å². The molecule has 0 unspecified atom stereocenters. The third-order valence-corrected chi connectivity index (χ3v) is 2.98. The van der Waals surface area contributed by atoms with Crippen molar-refractivity contribution in [3.05, 3.63) is 50.0 Å². The molecule has 0 aliphatic carbocycles. The van der Waals surface area contributed by atoms with Crippen LogP contribution in [0.5, 0.6) is 11.6 Å². The number of hydrogen-bond acceptors (Lipinski definition) is 6. The minimum atomic E-state index is -1.40. The summed E-state index contributed by atoms with van der Waals surface area (Å²) in [6.45, 7) is 0. The van der Waals surface area contributed by atoms with Gasteiger partial charge < -0.3 is 9.84 Å². The highest BCUT2D eigenvalue weighted by molar-refractivity contribution is 14.1. The van der Waals surface area contributed by atoms with Crippen molar-refractivity contribution < 1.29 is 19.6 Å². The lowest BCUT2D eigenvalue weighted by Crippen LogP contribution is -2.03. The van der Waals surface area contributed by atoms with Crippen molar-refractivity contribution in [3.63, 3.8) is 0 Å². The molecular weight excluding hydrogens is 381 g/mol. The zero-order valence-corrected chi connectivity index (χ0v) is 11.8. The van der Waals surface area contributed by atoms with Gasteiger partial charge in [0.05, 0.1) is 8.49 Å². The van der Waals surface area contributed by atoms with Crippen LogP contribution in [0.15, 0.2) is 30.7 Å². The first-order chi connectivity index (χ1) is 9.49. The predicted octanol–water partition coefficient (Wildman–Crippen LogP) is 2.48. The topological polar surface area (TPSA) is 115 Å². The quantitative estimate of drug-likeness (QED) is 0.487. The zero-order valence-electron chi connectivity index (χ0n) is 9.69. The average Bonchev–Trinajstić information content (AvgIpc) is 2.41. The summed E-state index contributed by atoms with van der Waals surface area (Å²) in [7, 11) is 0. The standard InChI is InChI=1S/C11H6IN3O5/c12-8-4-13-5-14-10(8)20-6-1-2-9(15(18)19)7(3-6)11(16)17/h1-5H,(H,16,17). The van der Waals surface area contributed by atoms with Gasteiger partial charge in [0, 0.05) is 18.3 Å². The number of carboxylic acids is 1. The Morgan fingerprint density at radius 2 is 2.20 bits per heavy atom. The number of carboxylic acid groups (broad SMARTS) is 1. The lowest BCUT2D eigenvalue weighted by atomic mass is 10.1. The summed E-state index contributed by atoms with van der Waals surface area (Å²) in [5, 5.41) is 19.7. The van der Waals surface area contributed by atoms with E-state index in [4.69, 9.17) is 9.84 Å². The van der Waals surface area contributed by atoms with E-state index in [9.17, 15) is 14.9 Å². The number of aromatic nitrogens is 2. The number of hydrogen-bond donors (Lipinski definition) is 1. The van der Waals surface area contributed by atoms with Crippen molar-refractivity contribution in [1.29, 1.82) is 0 Å². The van der Waals surface area contributed by atoms with Crippen LogP contribution in [0.25, 0.3) is 0 Å². The lowest BCUT2D eigenvalue weighted by Gasteiger charge is -2.06. The van der Waals surface area contributed by atoms with Gasteiger partial charge in [0.1, 0.15) is 17.6 Å². The number of ether oxygens (including phenoxy) is 1. The molecular formula is C11H6IN3O5. The van der Waals surface area contributed by atoms with Crippen molar-refractivity contribution in [2.45, 2.75) is 0 Å². The maximum atomic E-state index is 11.0. The number of nitrogens with zero attached hydrogens (tertiary/aromatic N) is 3. The Morgan fingerprint density at radius 3 is 2.80 bits per heavy atom. The van der Waals surface area contributed by atoms with Crippen LogP contribution in [0.2, 0.25) is 0 Å². The second-order valence-electron chi connectivity index (χ2n) is 3.52. The van der Waals surface area contributed by atoms with Gasteiger partial charge in [-0.05, 0) is 28.7 Å². The molecule has 0 saturated carbocycles. The van der Waals surface area contributed by atoms with E-state index in [1.807, 2.05) is 22.6 Å². The molecule has 0 bridgehead atoms. The Hall–Kier alpha value is -2.30. The van der Waals surface area contributed by atoms with E-state index in [0.717, 1.165) is 12.1 Å². The van der Waals surface area contributed by atoms with Crippen molar-refractivity contribution in [3.8, 4) is 11.6 Å². The average molecular weight is 387 g/mol. The number of carbonyl (C=O) groups is 1. The van der Waals surface area contributed by atoms with Gasteiger partial charge in [0.15, 0.2) is 0 Å². The van der Waals surface area contributed by atoms with Crippen molar-refractivity contribution in [2.75, 3.05) is 0 Å². The number of aromatic carboxylic acids is 1. The molecule has 8 nitrogen and oxygen atoms in total. The van der Waals surface area contributed by atoms with Crippen LogP contribution in [0.3, 0.4) is 0 Å². The summed E-state index contributed by atoms with van der Waals surface area (Å²) in [6, 6.07) is 3.47. The van der Waals surface area contributed by atoms with Gasteiger partial charge >= 0.3 is 5.97 Å². The maximum Gasteiger partial charge on any atom is 0.342 e. The third kappa shape index (κ3) is 2.99. The summed E-state index contributed by atoms with van der Waals surface area (Å²) < 4.78 is 6.02. The SMILES string of the molecule is O=C(O)c1cc(Oc2ncncc2I)ccc1[N+](=O)[O-]. The van der Waals surface area contributed by atoms with Crippen LogP contribution < -0.4 is 4.74 Å². The Kier molecular flexibility index (Phi) is 4.08. The Labute approximate surface area is 125 Å². The Morgan fingerprint density at radius 1 is 1.45 bits per heavy atom. The fourth-order valence-corrected chi connectivity index (χ4v) is 1.81. The number of nitro groups is 1. The molecule has 20 heavy (non-hydrogen) atoms. The highest BCUT2D eigenvalue weighted by atomic mass is 127. The summed E-state index contributed by atoms with van der Waals surface area (Å²) in [6.07, 6.45) is 2.80. The van der Waals surface area contributed by atoms with Crippen LogP contribution in [0, 0.1) is 13.7 Å². The Bertz CT molecular complexity index is 692. The molecule has 0 saturated heterocycles. The van der Waals surface area contributed by atoms with E-state index in [2.05, 4.69) is 9.97 Å². The van der Waals surface area contributed by atoms with Gasteiger partial charge in [0.25, 0.3) is 5.69 Å². The van der Waals surface area contributed by atoms with E-state index < -0.39 is 22.1 Å². The molecule has 102 valence electrons. The summed E-state index contributed by atoms with van der Waals surface area (Å²) >= 11 is 1.95. The van der Waals surface area contributed by atoms with Crippen LogP contribution in [-0.2, 0) is 0 Å². The minimum absolute atomic E-state index is 0.143. The van der Waals surface area contributed by atoms with Crippen molar-refractivity contribution in [2.24, 2.45) is 0 Å². The molecule has 2 aromatic rings. The first-order valence-corrected chi connectivity index (χ1v) is 6.22. The van der Waals surface area contributed by atoms with E-state index in [0.29, 0.717) is 3.57 Å². The molecule has 1 aromatic carbocycles. The molecule has 0 spiro atoms. The van der Waals surface area contributed by atoms with Crippen LogP contribution >= 0.6 is 22.6 Å². The number of rotatable bonds is 4. The lowest BCUT2D eigenvalue weighted by molar-refractivity contribution is -0.385. The van der Waals surface area contributed by atoms with Gasteiger partial charge in [-0.1, -0.05) is 0 Å². The fourth-order valence-electron chi connectivity index (χ4n) is 1.40. The summed E-state index contributed by atoms with van der Waals surface area (Å²) in [4.78, 5) is 28.6. The second-order valence-corrected chi connectivity index (χ2v) is 4.68. The van der Waals surface area contributed by atoms with E-state index in [1.54, 1.807) is 0 Å². The molecule has 0 atom stereocenters. The summed E-state index contributed by atoms with van der Waals surface area (Å²) in [5.74, 6) is -1.02. The minimum Gasteiger partial charge on any atom is -0.477 e. The molecule has 0 fully saturated rings. The molecule has 9 heteroatoms. The number of halogens is 1. The number of benzene rings is 1.